The molecular formula is C14H13F5N2O2. The van der Waals surface area contributed by atoms with Crippen LogP contribution in [0.15, 0.2) is 16.9 Å². The van der Waals surface area contributed by atoms with Crippen molar-refractivity contribution in [2.24, 2.45) is 0 Å². The van der Waals surface area contributed by atoms with E-state index in [9.17, 15) is 31.5 Å². The predicted molar refractivity (Wildman–Crippen MR) is 69.2 cm³/mol. The van der Waals surface area contributed by atoms with E-state index < -0.39 is 54.1 Å². The average molecular weight is 336 g/mol. The van der Waals surface area contributed by atoms with Crippen LogP contribution in [-0.4, -0.2) is 33.8 Å². The summed E-state index contributed by atoms with van der Waals surface area (Å²) >= 11 is 0. The third-order valence-electron chi connectivity index (χ3n) is 4.37. The van der Waals surface area contributed by atoms with Gasteiger partial charge in [0.1, 0.15) is 11.3 Å². The summed E-state index contributed by atoms with van der Waals surface area (Å²) in [5.74, 6) is -3.55. The van der Waals surface area contributed by atoms with Crippen molar-refractivity contribution in [2.45, 2.75) is 49.9 Å². The van der Waals surface area contributed by atoms with Crippen molar-refractivity contribution in [2.75, 3.05) is 0 Å². The number of nitrogens with zero attached hydrogens (tertiary/aromatic N) is 1. The second kappa shape index (κ2) is 5.04. The first-order chi connectivity index (χ1) is 10.6. The van der Waals surface area contributed by atoms with E-state index in [4.69, 9.17) is 0 Å². The first-order valence-corrected chi connectivity index (χ1v) is 7.09. The Morgan fingerprint density at radius 2 is 1.74 bits per heavy atom. The van der Waals surface area contributed by atoms with Crippen LogP contribution in [0, 0.1) is 0 Å². The van der Waals surface area contributed by atoms with E-state index in [1.54, 1.807) is 0 Å². The number of piperidine rings is 1. The Balaban J connectivity index is 1.88. The first-order valence-electron chi connectivity index (χ1n) is 7.09. The predicted octanol–water partition coefficient (Wildman–Crippen LogP) is 2.80. The minimum absolute atomic E-state index is 0.315. The molecule has 0 aliphatic carbocycles. The first kappa shape index (κ1) is 15.9. The number of carbonyl (C=O) groups excluding carboxylic acids is 1. The lowest BCUT2D eigenvalue weighted by atomic mass is 9.98. The van der Waals surface area contributed by atoms with Crippen LogP contribution < -0.4 is 5.56 Å². The van der Waals surface area contributed by atoms with Crippen molar-refractivity contribution >= 4 is 5.91 Å². The monoisotopic (exact) mass is 336 g/mol. The number of aromatic nitrogens is 1. The van der Waals surface area contributed by atoms with Crippen molar-refractivity contribution in [3.05, 3.63) is 33.7 Å². The average Bonchev–Trinajstić information content (AvgIpc) is 2.69. The van der Waals surface area contributed by atoms with Crippen LogP contribution >= 0.6 is 0 Å². The molecule has 4 nitrogen and oxygen atoms in total. The van der Waals surface area contributed by atoms with Gasteiger partial charge in [-0.3, -0.25) is 9.59 Å². The molecule has 1 aromatic rings. The molecule has 126 valence electrons. The molecule has 1 N–H and O–H groups in total. The van der Waals surface area contributed by atoms with Gasteiger partial charge in [-0.05, 0) is 25.0 Å². The molecule has 3 heterocycles. The SMILES string of the molecule is O=C(c1ccc(C(F)(F)F)c(=O)[nH]1)N1C2CCC1CC(F)(F)C2. The number of nitrogens with one attached hydrogen (secondary N) is 1. The number of aromatic amines is 1. The van der Waals surface area contributed by atoms with Crippen molar-refractivity contribution < 1.29 is 26.7 Å². The van der Waals surface area contributed by atoms with Gasteiger partial charge in [-0.15, -0.1) is 0 Å². The summed E-state index contributed by atoms with van der Waals surface area (Å²) in [5.41, 5.74) is -3.13. The highest BCUT2D eigenvalue weighted by Crippen LogP contribution is 2.44. The van der Waals surface area contributed by atoms with Crippen molar-refractivity contribution in [3.8, 4) is 0 Å². The second-order valence-electron chi connectivity index (χ2n) is 5.97. The van der Waals surface area contributed by atoms with Crippen LogP contribution in [0.5, 0.6) is 0 Å². The number of carbonyl (C=O) groups is 1. The number of H-pyrrole nitrogens is 1. The lowest BCUT2D eigenvalue weighted by Crippen LogP contribution is -2.50. The van der Waals surface area contributed by atoms with E-state index >= 15 is 0 Å². The quantitative estimate of drug-likeness (QED) is 0.802. The minimum atomic E-state index is -4.82. The van der Waals surface area contributed by atoms with Gasteiger partial charge in [0, 0.05) is 24.9 Å². The van der Waals surface area contributed by atoms with Crippen LogP contribution in [0.25, 0.3) is 0 Å². The lowest BCUT2D eigenvalue weighted by Gasteiger charge is -2.38. The molecule has 9 heteroatoms. The molecule has 1 amide bonds. The highest BCUT2D eigenvalue weighted by atomic mass is 19.4. The molecule has 2 unspecified atom stereocenters. The van der Waals surface area contributed by atoms with E-state index in [-0.39, 0.29) is 5.69 Å². The Morgan fingerprint density at radius 3 is 2.22 bits per heavy atom. The van der Waals surface area contributed by atoms with E-state index in [0.29, 0.717) is 18.9 Å². The van der Waals surface area contributed by atoms with Gasteiger partial charge in [0.05, 0.1) is 0 Å². The summed E-state index contributed by atoms with van der Waals surface area (Å²) in [7, 11) is 0. The highest BCUT2D eigenvalue weighted by molar-refractivity contribution is 5.93. The lowest BCUT2D eigenvalue weighted by molar-refractivity contribution is -0.138. The highest BCUT2D eigenvalue weighted by Gasteiger charge is 2.51. The van der Waals surface area contributed by atoms with Gasteiger partial charge in [-0.2, -0.15) is 13.2 Å². The minimum Gasteiger partial charge on any atom is -0.331 e. The molecule has 2 saturated heterocycles. The molecule has 2 aliphatic rings. The number of hydrogen-bond acceptors (Lipinski definition) is 2. The smallest absolute Gasteiger partial charge is 0.331 e. The summed E-state index contributed by atoms with van der Waals surface area (Å²) in [4.78, 5) is 27.1. The second-order valence-corrected chi connectivity index (χ2v) is 5.97. The van der Waals surface area contributed by atoms with Gasteiger partial charge >= 0.3 is 6.18 Å². The number of rotatable bonds is 1. The molecule has 0 radical (unpaired) electrons. The maximum Gasteiger partial charge on any atom is 0.421 e. The van der Waals surface area contributed by atoms with Gasteiger partial charge in [0.15, 0.2) is 0 Å². The summed E-state index contributed by atoms with van der Waals surface area (Å²) in [6, 6.07) is 0.106. The molecule has 2 bridgehead atoms. The zero-order valence-electron chi connectivity index (χ0n) is 11.8. The topological polar surface area (TPSA) is 53.2 Å². The summed E-state index contributed by atoms with van der Waals surface area (Å²) < 4.78 is 64.7. The zero-order valence-corrected chi connectivity index (χ0v) is 11.8. The maximum absolute atomic E-state index is 13.5. The fraction of sp³-hybridized carbons (Fsp3) is 0.571. The number of pyridine rings is 1. The van der Waals surface area contributed by atoms with Crippen molar-refractivity contribution in [1.82, 2.24) is 9.88 Å². The van der Waals surface area contributed by atoms with Crippen molar-refractivity contribution in [1.29, 1.82) is 0 Å². The van der Waals surface area contributed by atoms with E-state index in [2.05, 4.69) is 0 Å². The largest absolute Gasteiger partial charge is 0.421 e. The third-order valence-corrected chi connectivity index (χ3v) is 4.37. The van der Waals surface area contributed by atoms with Crippen LogP contribution in [0.1, 0.15) is 41.7 Å². The summed E-state index contributed by atoms with van der Waals surface area (Å²) in [6.45, 7) is 0. The number of halogens is 5. The molecular weight excluding hydrogens is 323 g/mol. The fourth-order valence-electron chi connectivity index (χ4n) is 3.43. The van der Waals surface area contributed by atoms with E-state index in [1.807, 2.05) is 4.98 Å². The Labute approximate surface area is 127 Å². The van der Waals surface area contributed by atoms with Crippen LogP contribution in [-0.2, 0) is 6.18 Å². The molecule has 23 heavy (non-hydrogen) atoms. The molecule has 0 spiro atoms. The Kier molecular flexibility index (Phi) is 3.49. The molecule has 0 saturated carbocycles. The zero-order chi connectivity index (χ0) is 17.0. The number of fused-ring (bicyclic) bond motifs is 2. The van der Waals surface area contributed by atoms with Gasteiger partial charge in [-0.25, -0.2) is 8.78 Å². The number of amides is 1. The molecule has 3 rings (SSSR count). The molecule has 0 aromatic carbocycles. The Hall–Kier alpha value is -1.93. The van der Waals surface area contributed by atoms with E-state index in [0.717, 1.165) is 6.07 Å². The summed E-state index contributed by atoms with van der Waals surface area (Å²) in [6.07, 6.45) is -4.88. The molecule has 2 aliphatic heterocycles. The fourth-order valence-corrected chi connectivity index (χ4v) is 3.43. The van der Waals surface area contributed by atoms with Gasteiger partial charge < -0.3 is 9.88 Å². The van der Waals surface area contributed by atoms with Gasteiger partial charge in [0.2, 0.25) is 0 Å². The molecule has 1 aromatic heterocycles. The maximum atomic E-state index is 13.5. The number of alkyl halides is 5. The standard InChI is InChI=1S/C14H13F5N2O2/c15-13(16)5-7-1-2-8(6-13)21(7)12(23)10-4-3-9(11(22)20-10)14(17,18)19/h3-4,7-8H,1-2,5-6H2,(H,20,22). The van der Waals surface area contributed by atoms with Gasteiger partial charge in [-0.1, -0.05) is 0 Å². The third kappa shape index (κ3) is 2.84. The van der Waals surface area contributed by atoms with Crippen LogP contribution in [0.3, 0.4) is 0 Å². The van der Waals surface area contributed by atoms with Crippen LogP contribution in [0.2, 0.25) is 0 Å². The van der Waals surface area contributed by atoms with Crippen molar-refractivity contribution in [3.63, 3.8) is 0 Å². The van der Waals surface area contributed by atoms with Crippen LogP contribution in [0.4, 0.5) is 22.0 Å². The Morgan fingerprint density at radius 1 is 1.17 bits per heavy atom. The Bertz CT molecular complexity index is 681. The normalized spacial score (nSPS) is 26.4. The van der Waals surface area contributed by atoms with E-state index in [1.165, 1.54) is 4.90 Å². The number of hydrogen-bond donors (Lipinski definition) is 1. The molecule has 2 fully saturated rings. The summed E-state index contributed by atoms with van der Waals surface area (Å²) in [5, 5.41) is 0. The molecule has 2 atom stereocenters. The van der Waals surface area contributed by atoms with Gasteiger partial charge in [0.25, 0.3) is 17.4 Å².